The van der Waals surface area contributed by atoms with E-state index in [-0.39, 0.29) is 12.3 Å². The fourth-order valence-corrected chi connectivity index (χ4v) is 1.58. The maximum absolute atomic E-state index is 12.7. The number of hydrogen-bond donors (Lipinski definition) is 1. The SMILES string of the molecule is CCOCC(=O)Nc1cc(C(F)(F)F)ccc1N(C)C. The third-order valence-electron chi connectivity index (χ3n) is 2.52. The van der Waals surface area contributed by atoms with Gasteiger partial charge in [0.2, 0.25) is 5.91 Å². The van der Waals surface area contributed by atoms with Crippen LogP contribution in [0.1, 0.15) is 12.5 Å². The average molecular weight is 290 g/mol. The minimum Gasteiger partial charge on any atom is -0.376 e. The fourth-order valence-electron chi connectivity index (χ4n) is 1.58. The van der Waals surface area contributed by atoms with Crippen molar-refractivity contribution in [2.24, 2.45) is 0 Å². The highest BCUT2D eigenvalue weighted by Crippen LogP contribution is 2.34. The van der Waals surface area contributed by atoms with E-state index < -0.39 is 17.6 Å². The fraction of sp³-hybridized carbons (Fsp3) is 0.462. The molecule has 0 aromatic heterocycles. The smallest absolute Gasteiger partial charge is 0.376 e. The Morgan fingerprint density at radius 2 is 2.00 bits per heavy atom. The van der Waals surface area contributed by atoms with Crippen molar-refractivity contribution < 1.29 is 22.7 Å². The first-order valence-electron chi connectivity index (χ1n) is 6.02. The van der Waals surface area contributed by atoms with Crippen LogP contribution in [0, 0.1) is 0 Å². The van der Waals surface area contributed by atoms with E-state index in [0.717, 1.165) is 12.1 Å². The molecule has 1 rings (SSSR count). The maximum atomic E-state index is 12.7. The summed E-state index contributed by atoms with van der Waals surface area (Å²) in [5.74, 6) is -0.491. The monoisotopic (exact) mass is 290 g/mol. The van der Waals surface area contributed by atoms with Gasteiger partial charge in [-0.25, -0.2) is 0 Å². The third-order valence-corrected chi connectivity index (χ3v) is 2.52. The summed E-state index contributed by atoms with van der Waals surface area (Å²) in [6.45, 7) is 1.89. The van der Waals surface area contributed by atoms with E-state index in [1.165, 1.54) is 6.07 Å². The van der Waals surface area contributed by atoms with Crippen molar-refractivity contribution in [3.05, 3.63) is 23.8 Å². The van der Waals surface area contributed by atoms with Crippen LogP contribution < -0.4 is 10.2 Å². The number of carbonyl (C=O) groups excluding carboxylic acids is 1. The Kier molecular flexibility index (Phi) is 5.38. The number of hydrogen-bond acceptors (Lipinski definition) is 3. The lowest BCUT2D eigenvalue weighted by Gasteiger charge is -2.19. The van der Waals surface area contributed by atoms with E-state index in [0.29, 0.717) is 12.3 Å². The first-order valence-corrected chi connectivity index (χ1v) is 6.02. The first-order chi connectivity index (χ1) is 9.25. The maximum Gasteiger partial charge on any atom is 0.416 e. The summed E-state index contributed by atoms with van der Waals surface area (Å²) in [6.07, 6.45) is -4.45. The number of anilines is 2. The summed E-state index contributed by atoms with van der Waals surface area (Å²) >= 11 is 0. The molecule has 0 saturated carbocycles. The molecule has 0 saturated heterocycles. The second-order valence-electron chi connectivity index (χ2n) is 4.31. The van der Waals surface area contributed by atoms with Gasteiger partial charge in [0.25, 0.3) is 0 Å². The summed E-state index contributed by atoms with van der Waals surface area (Å²) in [6, 6.07) is 3.21. The van der Waals surface area contributed by atoms with Gasteiger partial charge >= 0.3 is 6.18 Å². The third kappa shape index (κ3) is 4.41. The molecule has 0 fully saturated rings. The minimum absolute atomic E-state index is 0.106. The molecule has 0 unspecified atom stereocenters. The molecule has 4 nitrogen and oxygen atoms in total. The molecule has 0 radical (unpaired) electrons. The van der Waals surface area contributed by atoms with Crippen molar-refractivity contribution in [2.45, 2.75) is 13.1 Å². The number of nitrogens with zero attached hydrogens (tertiary/aromatic N) is 1. The van der Waals surface area contributed by atoms with Crippen LogP contribution in [-0.2, 0) is 15.7 Å². The molecule has 1 aromatic carbocycles. The number of ether oxygens (including phenoxy) is 1. The molecule has 0 aliphatic heterocycles. The minimum atomic E-state index is -4.45. The number of carbonyl (C=O) groups is 1. The normalized spacial score (nSPS) is 11.3. The Morgan fingerprint density at radius 3 is 2.50 bits per heavy atom. The van der Waals surface area contributed by atoms with E-state index in [9.17, 15) is 18.0 Å². The molecule has 1 aromatic rings. The van der Waals surface area contributed by atoms with Gasteiger partial charge in [-0.15, -0.1) is 0 Å². The summed E-state index contributed by atoms with van der Waals surface area (Å²) < 4.78 is 43.0. The van der Waals surface area contributed by atoms with Crippen LogP contribution in [0.25, 0.3) is 0 Å². The Hall–Kier alpha value is -1.76. The van der Waals surface area contributed by atoms with Gasteiger partial charge in [-0.3, -0.25) is 4.79 Å². The molecule has 0 bridgehead atoms. The standard InChI is InChI=1S/C13H17F3N2O2/c1-4-20-8-12(19)17-10-7-9(13(14,15)16)5-6-11(10)18(2)3/h5-7H,4,8H2,1-3H3,(H,17,19). The van der Waals surface area contributed by atoms with Gasteiger partial charge in [-0.2, -0.15) is 13.2 Å². The zero-order valence-electron chi connectivity index (χ0n) is 11.5. The number of amides is 1. The molecule has 0 spiro atoms. The van der Waals surface area contributed by atoms with Gasteiger partial charge in [-0.1, -0.05) is 0 Å². The lowest BCUT2D eigenvalue weighted by Crippen LogP contribution is -2.21. The van der Waals surface area contributed by atoms with Gasteiger partial charge in [0.1, 0.15) is 6.61 Å². The van der Waals surface area contributed by atoms with Crippen LogP contribution in [-0.4, -0.2) is 33.2 Å². The van der Waals surface area contributed by atoms with Crippen LogP contribution >= 0.6 is 0 Å². The van der Waals surface area contributed by atoms with E-state index in [1.54, 1.807) is 25.9 Å². The zero-order valence-corrected chi connectivity index (χ0v) is 11.5. The summed E-state index contributed by atoms with van der Waals surface area (Å²) in [5, 5.41) is 2.43. The van der Waals surface area contributed by atoms with Gasteiger partial charge in [0.15, 0.2) is 0 Å². The van der Waals surface area contributed by atoms with E-state index >= 15 is 0 Å². The van der Waals surface area contributed by atoms with E-state index in [4.69, 9.17) is 4.74 Å². The predicted molar refractivity (Wildman–Crippen MR) is 70.9 cm³/mol. The molecular weight excluding hydrogens is 273 g/mol. The van der Waals surface area contributed by atoms with E-state index in [2.05, 4.69) is 5.32 Å². The molecule has 7 heteroatoms. The summed E-state index contributed by atoms with van der Waals surface area (Å²) in [7, 11) is 3.36. The highest BCUT2D eigenvalue weighted by atomic mass is 19.4. The van der Waals surface area contributed by atoms with Crippen molar-refractivity contribution in [1.29, 1.82) is 0 Å². The Morgan fingerprint density at radius 1 is 1.35 bits per heavy atom. The number of alkyl halides is 3. The number of halogens is 3. The van der Waals surface area contributed by atoms with Crippen LogP contribution in [0.15, 0.2) is 18.2 Å². The van der Waals surface area contributed by atoms with Crippen molar-refractivity contribution in [1.82, 2.24) is 0 Å². The Bertz CT molecular complexity index is 473. The highest BCUT2D eigenvalue weighted by Gasteiger charge is 2.31. The van der Waals surface area contributed by atoms with E-state index in [1.807, 2.05) is 0 Å². The molecular formula is C13H17F3N2O2. The topological polar surface area (TPSA) is 41.6 Å². The number of benzene rings is 1. The van der Waals surface area contributed by atoms with Crippen LogP contribution in [0.4, 0.5) is 24.5 Å². The molecule has 112 valence electrons. The predicted octanol–water partition coefficient (Wildman–Crippen LogP) is 2.75. The van der Waals surface area contributed by atoms with Crippen molar-refractivity contribution in [3.8, 4) is 0 Å². The zero-order chi connectivity index (χ0) is 15.3. The molecule has 0 atom stereocenters. The number of nitrogens with one attached hydrogen (secondary N) is 1. The van der Waals surface area contributed by atoms with Gasteiger partial charge in [0, 0.05) is 20.7 Å². The number of rotatable bonds is 5. The Labute approximate surface area is 115 Å². The highest BCUT2D eigenvalue weighted by molar-refractivity contribution is 5.95. The van der Waals surface area contributed by atoms with Crippen molar-refractivity contribution in [2.75, 3.05) is 37.5 Å². The summed E-state index contributed by atoms with van der Waals surface area (Å²) in [4.78, 5) is 13.2. The average Bonchev–Trinajstić information content (AvgIpc) is 2.34. The second-order valence-corrected chi connectivity index (χ2v) is 4.31. The van der Waals surface area contributed by atoms with Gasteiger partial charge in [0.05, 0.1) is 16.9 Å². The van der Waals surface area contributed by atoms with Crippen LogP contribution in [0.2, 0.25) is 0 Å². The quantitative estimate of drug-likeness (QED) is 0.906. The molecule has 20 heavy (non-hydrogen) atoms. The molecule has 0 heterocycles. The Balaban J connectivity index is 3.03. The molecule has 0 aliphatic rings. The first kappa shape index (κ1) is 16.3. The second kappa shape index (κ2) is 6.60. The van der Waals surface area contributed by atoms with Crippen LogP contribution in [0.5, 0.6) is 0 Å². The lowest BCUT2D eigenvalue weighted by molar-refractivity contribution is -0.137. The van der Waals surface area contributed by atoms with Crippen LogP contribution in [0.3, 0.4) is 0 Å². The molecule has 0 aliphatic carbocycles. The largest absolute Gasteiger partial charge is 0.416 e. The van der Waals surface area contributed by atoms with Gasteiger partial charge < -0.3 is 15.0 Å². The molecule has 1 amide bonds. The van der Waals surface area contributed by atoms with Gasteiger partial charge in [-0.05, 0) is 25.1 Å². The van der Waals surface area contributed by atoms with Crippen molar-refractivity contribution >= 4 is 17.3 Å². The molecule has 1 N–H and O–H groups in total. The summed E-state index contributed by atoms with van der Waals surface area (Å²) in [5.41, 5.74) is -0.216. The van der Waals surface area contributed by atoms with Crippen molar-refractivity contribution in [3.63, 3.8) is 0 Å². The lowest BCUT2D eigenvalue weighted by atomic mass is 10.1.